The summed E-state index contributed by atoms with van der Waals surface area (Å²) >= 11 is 4.75. The van der Waals surface area contributed by atoms with E-state index in [1.54, 1.807) is 0 Å². The molecule has 3 rings (SSSR count). The summed E-state index contributed by atoms with van der Waals surface area (Å²) in [4.78, 5) is 0. The van der Waals surface area contributed by atoms with Gasteiger partial charge in [0.05, 0.1) is 25.4 Å². The van der Waals surface area contributed by atoms with Gasteiger partial charge >= 0.3 is 0 Å². The molecule has 0 bridgehead atoms. The molecule has 1 aliphatic rings. The summed E-state index contributed by atoms with van der Waals surface area (Å²) in [5, 5.41) is 10.2. The molecule has 1 N–H and O–H groups in total. The molecule has 4 nitrogen and oxygen atoms in total. The van der Waals surface area contributed by atoms with Gasteiger partial charge in [-0.1, -0.05) is 80.4 Å². The molecule has 2 aromatic rings. The predicted molar refractivity (Wildman–Crippen MR) is 110 cm³/mol. The number of hydrogen-bond acceptors (Lipinski definition) is 5. The Balaban J connectivity index is 1.64. The highest BCUT2D eigenvalue weighted by Gasteiger charge is 2.34. The van der Waals surface area contributed by atoms with Crippen LogP contribution in [0, 0.1) is 5.92 Å². The lowest BCUT2D eigenvalue weighted by Gasteiger charge is -2.39. The molecule has 0 aromatic heterocycles. The van der Waals surface area contributed by atoms with E-state index < -0.39 is 6.29 Å². The van der Waals surface area contributed by atoms with Crippen LogP contribution in [0.3, 0.4) is 0 Å². The van der Waals surface area contributed by atoms with Crippen molar-refractivity contribution in [3.63, 3.8) is 0 Å². The fourth-order valence-electron chi connectivity index (χ4n) is 3.38. The van der Waals surface area contributed by atoms with Crippen molar-refractivity contribution in [1.29, 1.82) is 0 Å². The van der Waals surface area contributed by atoms with Crippen molar-refractivity contribution in [3.05, 3.63) is 71.8 Å². The highest BCUT2D eigenvalue weighted by atomic mass is 32.1. The van der Waals surface area contributed by atoms with Crippen molar-refractivity contribution in [1.82, 2.24) is 4.31 Å². The first-order chi connectivity index (χ1) is 13.1. The lowest BCUT2D eigenvalue weighted by molar-refractivity contribution is -0.205. The van der Waals surface area contributed by atoms with E-state index in [0.29, 0.717) is 19.8 Å². The Labute approximate surface area is 167 Å². The van der Waals surface area contributed by atoms with E-state index in [1.807, 2.05) is 47.6 Å². The Hall–Kier alpha value is -1.37. The number of nitrogens with zero attached hydrogens (tertiary/aromatic N) is 1. The number of aliphatic hydroxyl groups excluding tert-OH is 1. The highest BCUT2D eigenvalue weighted by Crippen LogP contribution is 2.28. The molecule has 2 aromatic carbocycles. The van der Waals surface area contributed by atoms with Crippen LogP contribution in [0.4, 0.5) is 0 Å². The molecule has 4 atom stereocenters. The minimum Gasteiger partial charge on any atom is -0.375 e. The molecule has 1 aliphatic heterocycles. The number of benzene rings is 2. The number of ether oxygens (including phenoxy) is 2. The summed E-state index contributed by atoms with van der Waals surface area (Å²) in [7, 11) is 0. The van der Waals surface area contributed by atoms with Crippen LogP contribution in [0.1, 0.15) is 30.9 Å². The van der Waals surface area contributed by atoms with Gasteiger partial charge in [-0.25, -0.2) is 4.31 Å². The second-order valence-electron chi connectivity index (χ2n) is 7.27. The van der Waals surface area contributed by atoms with Crippen LogP contribution < -0.4 is 0 Å². The van der Waals surface area contributed by atoms with Crippen LogP contribution in [0.15, 0.2) is 60.7 Å². The van der Waals surface area contributed by atoms with Gasteiger partial charge in [0.15, 0.2) is 6.29 Å². The molecule has 1 saturated heterocycles. The minimum absolute atomic E-state index is 0.0422. The molecule has 0 saturated carbocycles. The summed E-state index contributed by atoms with van der Waals surface area (Å²) in [5.41, 5.74) is 2.33. The smallest absolute Gasteiger partial charge is 0.157 e. The molecule has 0 amide bonds. The van der Waals surface area contributed by atoms with Gasteiger partial charge in [0.2, 0.25) is 0 Å². The molecule has 1 heterocycles. The molecule has 146 valence electrons. The second kappa shape index (κ2) is 10.2. The van der Waals surface area contributed by atoms with Gasteiger partial charge in [-0.05, 0) is 24.0 Å². The Kier molecular flexibility index (Phi) is 7.73. The highest BCUT2D eigenvalue weighted by molar-refractivity contribution is 7.77. The van der Waals surface area contributed by atoms with Crippen molar-refractivity contribution >= 4 is 12.8 Å². The van der Waals surface area contributed by atoms with Crippen LogP contribution in [0.5, 0.6) is 0 Å². The zero-order chi connectivity index (χ0) is 19.1. The third-order valence-electron chi connectivity index (χ3n) is 5.11. The molecular weight excluding hydrogens is 358 g/mol. The van der Waals surface area contributed by atoms with Crippen LogP contribution in [0.25, 0.3) is 0 Å². The van der Waals surface area contributed by atoms with Crippen LogP contribution in [0.2, 0.25) is 0 Å². The third kappa shape index (κ3) is 6.06. The Bertz CT molecular complexity index is 670. The first-order valence-electron chi connectivity index (χ1n) is 9.58. The second-order valence-corrected chi connectivity index (χ2v) is 7.78. The molecule has 0 radical (unpaired) electrons. The molecule has 5 heteroatoms. The van der Waals surface area contributed by atoms with E-state index in [0.717, 1.165) is 18.4 Å². The summed E-state index contributed by atoms with van der Waals surface area (Å²) < 4.78 is 13.9. The van der Waals surface area contributed by atoms with Gasteiger partial charge in [-0.3, -0.25) is 0 Å². The van der Waals surface area contributed by atoms with E-state index in [4.69, 9.17) is 22.3 Å². The zero-order valence-corrected chi connectivity index (χ0v) is 16.7. The van der Waals surface area contributed by atoms with E-state index in [-0.39, 0.29) is 18.1 Å². The lowest BCUT2D eigenvalue weighted by atomic mass is 9.95. The summed E-state index contributed by atoms with van der Waals surface area (Å²) in [6.07, 6.45) is 1.00. The third-order valence-corrected chi connectivity index (χ3v) is 5.55. The number of aliphatic hydroxyl groups is 1. The Morgan fingerprint density at radius 2 is 1.70 bits per heavy atom. The van der Waals surface area contributed by atoms with Gasteiger partial charge < -0.3 is 14.6 Å². The summed E-state index contributed by atoms with van der Waals surface area (Å²) in [6, 6.07) is 20.3. The first-order valence-corrected chi connectivity index (χ1v) is 9.98. The van der Waals surface area contributed by atoms with Gasteiger partial charge in [-0.2, -0.15) is 0 Å². The fraction of sp³-hybridized carbons (Fsp3) is 0.455. The SMILES string of the molecule is CC1CCC(C(COCc2ccccc2)N(S)Cc2ccccc2)OC1O. The topological polar surface area (TPSA) is 41.9 Å². The van der Waals surface area contributed by atoms with Crippen molar-refractivity contribution in [2.45, 2.75) is 51.4 Å². The van der Waals surface area contributed by atoms with Gasteiger partial charge in [0, 0.05) is 12.5 Å². The largest absolute Gasteiger partial charge is 0.375 e. The van der Waals surface area contributed by atoms with Crippen molar-refractivity contribution in [2.75, 3.05) is 6.61 Å². The normalized spacial score (nSPS) is 24.1. The fourth-order valence-corrected chi connectivity index (χ4v) is 3.76. The molecule has 4 unspecified atom stereocenters. The van der Waals surface area contributed by atoms with Crippen LogP contribution in [-0.4, -0.2) is 34.5 Å². The predicted octanol–water partition coefficient (Wildman–Crippen LogP) is 4.05. The van der Waals surface area contributed by atoms with Crippen molar-refractivity contribution in [3.8, 4) is 0 Å². The van der Waals surface area contributed by atoms with E-state index in [9.17, 15) is 5.11 Å². The lowest BCUT2D eigenvalue weighted by Crippen LogP contribution is -2.48. The summed E-state index contributed by atoms with van der Waals surface area (Å²) in [6.45, 7) is 3.76. The average molecular weight is 388 g/mol. The van der Waals surface area contributed by atoms with Gasteiger partial charge in [-0.15, -0.1) is 0 Å². The minimum atomic E-state index is -0.723. The van der Waals surface area contributed by atoms with Crippen molar-refractivity contribution in [2.24, 2.45) is 5.92 Å². The summed E-state index contributed by atoms with van der Waals surface area (Å²) in [5.74, 6) is 0.162. The monoisotopic (exact) mass is 387 g/mol. The maximum absolute atomic E-state index is 10.2. The van der Waals surface area contributed by atoms with E-state index in [2.05, 4.69) is 24.3 Å². The van der Waals surface area contributed by atoms with E-state index >= 15 is 0 Å². The number of hydrogen-bond donors (Lipinski definition) is 2. The van der Waals surface area contributed by atoms with Crippen LogP contribution in [-0.2, 0) is 22.6 Å². The molecule has 0 aliphatic carbocycles. The number of rotatable bonds is 8. The van der Waals surface area contributed by atoms with E-state index in [1.165, 1.54) is 5.56 Å². The molecule has 1 fully saturated rings. The quantitative estimate of drug-likeness (QED) is 0.671. The Morgan fingerprint density at radius 1 is 1.07 bits per heavy atom. The van der Waals surface area contributed by atoms with Crippen LogP contribution >= 0.6 is 12.8 Å². The Morgan fingerprint density at radius 3 is 2.33 bits per heavy atom. The molecule has 27 heavy (non-hydrogen) atoms. The van der Waals surface area contributed by atoms with Gasteiger partial charge in [0.25, 0.3) is 0 Å². The molecule has 0 spiro atoms. The number of thiol groups is 1. The van der Waals surface area contributed by atoms with Gasteiger partial charge in [0.1, 0.15) is 0 Å². The maximum atomic E-state index is 10.2. The maximum Gasteiger partial charge on any atom is 0.157 e. The standard InChI is InChI=1S/C22H29NO3S/c1-17-12-13-21(26-22(17)24)20(16-25-15-19-10-6-3-7-11-19)23(27)14-18-8-4-2-5-9-18/h2-11,17,20-22,24,27H,12-16H2,1H3. The average Bonchev–Trinajstić information content (AvgIpc) is 2.69. The first kappa shape index (κ1) is 20.4. The zero-order valence-electron chi connectivity index (χ0n) is 15.8. The van der Waals surface area contributed by atoms with Crippen molar-refractivity contribution < 1.29 is 14.6 Å². The molecular formula is C22H29NO3S.